The summed E-state index contributed by atoms with van der Waals surface area (Å²) in [4.78, 5) is 23.5. The minimum Gasteiger partial charge on any atom is -0.496 e. The number of nitriles is 1. The van der Waals surface area contributed by atoms with Gasteiger partial charge in [-0.15, -0.1) is 0 Å². The van der Waals surface area contributed by atoms with E-state index in [1.807, 2.05) is 35.0 Å². The van der Waals surface area contributed by atoms with Crippen molar-refractivity contribution < 1.29 is 9.53 Å². The standard InChI is InChI=1S/C27H28N8O2/c1-37-22-7-3-2-6-21(22)27(36)30-15-18-8-10-19(11-9-18)24-23-25(29)31-17-32-26(23)35(33-24)20-5-4-13-34(16-20)14-12-28/h2-3,6-11,17,20H,4-5,13-16H2,1H3,(H,30,36)(H2,29,31,32). The van der Waals surface area contributed by atoms with Crippen molar-refractivity contribution in [3.8, 4) is 23.1 Å². The lowest BCUT2D eigenvalue weighted by Gasteiger charge is -2.31. The van der Waals surface area contributed by atoms with E-state index in [1.54, 1.807) is 25.3 Å². The number of hydrogen-bond donors (Lipinski definition) is 2. The van der Waals surface area contributed by atoms with Crippen LogP contribution in [0.2, 0.25) is 0 Å². The van der Waals surface area contributed by atoms with Crippen molar-refractivity contribution in [1.82, 2.24) is 30.0 Å². The Labute approximate surface area is 214 Å². The lowest BCUT2D eigenvalue weighted by Crippen LogP contribution is -2.37. The molecule has 0 bridgehead atoms. The number of carbonyl (C=O) groups is 1. The second kappa shape index (κ2) is 10.6. The minimum atomic E-state index is -0.200. The van der Waals surface area contributed by atoms with E-state index < -0.39 is 0 Å². The Bertz CT molecular complexity index is 1460. The molecule has 1 fully saturated rings. The van der Waals surface area contributed by atoms with Gasteiger partial charge in [-0.3, -0.25) is 9.69 Å². The fourth-order valence-corrected chi connectivity index (χ4v) is 4.82. The summed E-state index contributed by atoms with van der Waals surface area (Å²) in [6.07, 6.45) is 3.40. The smallest absolute Gasteiger partial charge is 0.255 e. The normalized spacial score (nSPS) is 15.8. The summed E-state index contributed by atoms with van der Waals surface area (Å²) < 4.78 is 7.22. The zero-order valence-corrected chi connectivity index (χ0v) is 20.6. The number of amides is 1. The fraction of sp³-hybridized carbons (Fsp3) is 0.296. The first-order valence-corrected chi connectivity index (χ1v) is 12.2. The highest BCUT2D eigenvalue weighted by Crippen LogP contribution is 2.33. The summed E-state index contributed by atoms with van der Waals surface area (Å²) in [5, 5.41) is 17.7. The molecule has 0 spiro atoms. The van der Waals surface area contributed by atoms with E-state index >= 15 is 0 Å². The number of anilines is 1. The predicted molar refractivity (Wildman–Crippen MR) is 140 cm³/mol. The Kier molecular flexibility index (Phi) is 6.96. The minimum absolute atomic E-state index is 0.0945. The number of para-hydroxylation sites is 1. The molecule has 1 atom stereocenters. The molecule has 5 rings (SSSR count). The number of nitrogens with two attached hydrogens (primary N) is 1. The number of methoxy groups -OCH3 is 1. The molecule has 4 aromatic rings. The Morgan fingerprint density at radius 2 is 2.03 bits per heavy atom. The Balaban J connectivity index is 1.38. The second-order valence-corrected chi connectivity index (χ2v) is 9.02. The molecule has 0 radical (unpaired) electrons. The number of aromatic nitrogens is 4. The zero-order chi connectivity index (χ0) is 25.8. The summed E-state index contributed by atoms with van der Waals surface area (Å²) in [5.74, 6) is 0.713. The van der Waals surface area contributed by atoms with Gasteiger partial charge in [-0.05, 0) is 37.1 Å². The van der Waals surface area contributed by atoms with Crippen LogP contribution in [0.15, 0.2) is 54.9 Å². The molecule has 10 nitrogen and oxygen atoms in total. The van der Waals surface area contributed by atoms with Crippen molar-refractivity contribution >= 4 is 22.8 Å². The summed E-state index contributed by atoms with van der Waals surface area (Å²) in [6.45, 7) is 2.41. The molecule has 0 saturated carbocycles. The topological polar surface area (TPSA) is 135 Å². The molecule has 1 unspecified atom stereocenters. The monoisotopic (exact) mass is 496 g/mol. The SMILES string of the molecule is COc1ccccc1C(=O)NCc1ccc(-c2nn(C3CCCN(CC#N)C3)c3ncnc(N)c23)cc1. The molecule has 2 aromatic heterocycles. The van der Waals surface area contributed by atoms with E-state index in [1.165, 1.54) is 6.33 Å². The van der Waals surface area contributed by atoms with Gasteiger partial charge in [-0.1, -0.05) is 36.4 Å². The van der Waals surface area contributed by atoms with Crippen LogP contribution in [0.4, 0.5) is 5.82 Å². The van der Waals surface area contributed by atoms with Crippen LogP contribution in [0.3, 0.4) is 0 Å². The van der Waals surface area contributed by atoms with Gasteiger partial charge in [0.15, 0.2) is 5.65 Å². The first-order chi connectivity index (χ1) is 18.1. The van der Waals surface area contributed by atoms with Crippen molar-refractivity contribution in [3.63, 3.8) is 0 Å². The number of fused-ring (bicyclic) bond motifs is 1. The van der Waals surface area contributed by atoms with E-state index in [0.717, 1.165) is 48.1 Å². The third kappa shape index (κ3) is 4.94. The number of hydrogen-bond acceptors (Lipinski definition) is 8. The van der Waals surface area contributed by atoms with Crippen molar-refractivity contribution in [3.05, 3.63) is 66.0 Å². The fourth-order valence-electron chi connectivity index (χ4n) is 4.82. The Hall–Kier alpha value is -4.49. The summed E-state index contributed by atoms with van der Waals surface area (Å²) in [5.41, 5.74) is 10.0. The number of rotatable bonds is 7. The average molecular weight is 497 g/mol. The highest BCUT2D eigenvalue weighted by Gasteiger charge is 2.26. The lowest BCUT2D eigenvalue weighted by atomic mass is 10.1. The lowest BCUT2D eigenvalue weighted by molar-refractivity contribution is 0.0948. The van der Waals surface area contributed by atoms with Gasteiger partial charge in [0.2, 0.25) is 0 Å². The average Bonchev–Trinajstić information content (AvgIpc) is 3.33. The van der Waals surface area contributed by atoms with Crippen molar-refractivity contribution in [2.45, 2.75) is 25.4 Å². The number of nitrogens with one attached hydrogen (secondary N) is 1. The van der Waals surface area contributed by atoms with Gasteiger partial charge in [-0.2, -0.15) is 10.4 Å². The first kappa shape index (κ1) is 24.2. The largest absolute Gasteiger partial charge is 0.496 e. The van der Waals surface area contributed by atoms with E-state index in [0.29, 0.717) is 35.9 Å². The maximum atomic E-state index is 12.6. The van der Waals surface area contributed by atoms with Gasteiger partial charge >= 0.3 is 0 Å². The number of ether oxygens (including phenoxy) is 1. The van der Waals surface area contributed by atoms with Gasteiger partial charge in [0.1, 0.15) is 23.6 Å². The third-order valence-corrected chi connectivity index (χ3v) is 6.67. The van der Waals surface area contributed by atoms with E-state index in [9.17, 15) is 4.79 Å². The van der Waals surface area contributed by atoms with Crippen molar-refractivity contribution in [1.29, 1.82) is 5.26 Å². The van der Waals surface area contributed by atoms with Crippen LogP contribution in [-0.4, -0.2) is 57.3 Å². The quantitative estimate of drug-likeness (QED) is 0.373. The number of carbonyl (C=O) groups excluding carboxylic acids is 1. The molecule has 3 heterocycles. The Morgan fingerprint density at radius 1 is 1.22 bits per heavy atom. The highest BCUT2D eigenvalue weighted by atomic mass is 16.5. The van der Waals surface area contributed by atoms with E-state index in [2.05, 4.69) is 26.3 Å². The summed E-state index contributed by atoms with van der Waals surface area (Å²) >= 11 is 0. The van der Waals surface area contributed by atoms with Crippen LogP contribution in [-0.2, 0) is 6.54 Å². The van der Waals surface area contributed by atoms with Gasteiger partial charge in [0.05, 0.1) is 36.7 Å². The maximum Gasteiger partial charge on any atom is 0.255 e. The molecule has 37 heavy (non-hydrogen) atoms. The molecular weight excluding hydrogens is 468 g/mol. The van der Waals surface area contributed by atoms with Crippen LogP contribution in [0.5, 0.6) is 5.75 Å². The van der Waals surface area contributed by atoms with E-state index in [4.69, 9.17) is 20.8 Å². The maximum absolute atomic E-state index is 12.6. The van der Waals surface area contributed by atoms with Gasteiger partial charge in [0.25, 0.3) is 5.91 Å². The Morgan fingerprint density at radius 3 is 2.81 bits per heavy atom. The number of benzene rings is 2. The molecule has 2 aromatic carbocycles. The number of piperidine rings is 1. The van der Waals surface area contributed by atoms with Gasteiger partial charge in [-0.25, -0.2) is 14.6 Å². The zero-order valence-electron chi connectivity index (χ0n) is 20.6. The number of nitrogen functional groups attached to an aromatic ring is 1. The second-order valence-electron chi connectivity index (χ2n) is 9.02. The number of likely N-dealkylation sites (tertiary alicyclic amines) is 1. The molecule has 1 amide bonds. The van der Waals surface area contributed by atoms with Gasteiger partial charge < -0.3 is 15.8 Å². The molecule has 1 saturated heterocycles. The predicted octanol–water partition coefficient (Wildman–Crippen LogP) is 3.17. The summed E-state index contributed by atoms with van der Waals surface area (Å²) in [6, 6.07) is 17.3. The van der Waals surface area contributed by atoms with Crippen LogP contribution >= 0.6 is 0 Å². The third-order valence-electron chi connectivity index (χ3n) is 6.67. The molecule has 10 heteroatoms. The van der Waals surface area contributed by atoms with Crippen molar-refractivity contribution in [2.24, 2.45) is 0 Å². The van der Waals surface area contributed by atoms with Crippen LogP contribution in [0.1, 0.15) is 34.8 Å². The summed E-state index contributed by atoms with van der Waals surface area (Å²) in [7, 11) is 1.55. The van der Waals surface area contributed by atoms with Crippen LogP contribution in [0.25, 0.3) is 22.3 Å². The highest BCUT2D eigenvalue weighted by molar-refractivity contribution is 5.98. The molecule has 1 aliphatic heterocycles. The molecule has 1 aliphatic rings. The molecule has 0 aliphatic carbocycles. The van der Waals surface area contributed by atoms with Gasteiger partial charge in [0, 0.05) is 18.7 Å². The van der Waals surface area contributed by atoms with E-state index in [-0.39, 0.29) is 11.9 Å². The molecule has 3 N–H and O–H groups in total. The van der Waals surface area contributed by atoms with Crippen molar-refractivity contribution in [2.75, 3.05) is 32.5 Å². The van der Waals surface area contributed by atoms with Crippen LogP contribution < -0.4 is 15.8 Å². The first-order valence-electron chi connectivity index (χ1n) is 12.2. The molecule has 188 valence electrons. The number of nitrogens with zero attached hydrogens (tertiary/aromatic N) is 6. The molecular formula is C27H28N8O2. The van der Waals surface area contributed by atoms with Crippen LogP contribution in [0, 0.1) is 11.3 Å².